The number of hydrogen-bond donors (Lipinski definition) is 1. The third kappa shape index (κ3) is 5.85. The Morgan fingerprint density at radius 1 is 1.24 bits per heavy atom. The lowest BCUT2D eigenvalue weighted by molar-refractivity contribution is -0.159. The van der Waals surface area contributed by atoms with Gasteiger partial charge in [0, 0.05) is 6.54 Å². The standard InChI is InChI=1S/C15H23NO4S/c1-11-6-8-13(9-7-11)21(18,19)16-10-12(2)14(17)20-15(3,4)5/h6-9,12,16H,10H2,1-5H3. The fraction of sp³-hybridized carbons (Fsp3) is 0.533. The van der Waals surface area contributed by atoms with Crippen LogP contribution in [0.4, 0.5) is 0 Å². The van der Waals surface area contributed by atoms with E-state index in [0.717, 1.165) is 5.56 Å². The van der Waals surface area contributed by atoms with Crippen LogP contribution >= 0.6 is 0 Å². The van der Waals surface area contributed by atoms with Gasteiger partial charge in [-0.15, -0.1) is 0 Å². The van der Waals surface area contributed by atoms with Crippen molar-refractivity contribution in [2.75, 3.05) is 6.54 Å². The molecule has 118 valence electrons. The number of hydrogen-bond acceptors (Lipinski definition) is 4. The molecule has 5 nitrogen and oxygen atoms in total. The van der Waals surface area contributed by atoms with Gasteiger partial charge in [0.1, 0.15) is 5.60 Å². The molecular weight excluding hydrogens is 290 g/mol. The molecule has 0 aliphatic heterocycles. The highest BCUT2D eigenvalue weighted by Gasteiger charge is 2.23. The van der Waals surface area contributed by atoms with Crippen LogP contribution in [-0.4, -0.2) is 26.5 Å². The van der Waals surface area contributed by atoms with Gasteiger partial charge in [0.15, 0.2) is 0 Å². The number of aryl methyl sites for hydroxylation is 1. The Labute approximate surface area is 126 Å². The van der Waals surface area contributed by atoms with Crippen LogP contribution in [0.3, 0.4) is 0 Å². The molecule has 6 heteroatoms. The van der Waals surface area contributed by atoms with Gasteiger partial charge in [-0.1, -0.05) is 24.6 Å². The van der Waals surface area contributed by atoms with E-state index in [1.807, 2.05) is 6.92 Å². The molecule has 1 atom stereocenters. The molecule has 1 unspecified atom stereocenters. The molecule has 0 bridgehead atoms. The molecule has 1 N–H and O–H groups in total. The number of nitrogens with one attached hydrogen (secondary N) is 1. The summed E-state index contributed by atoms with van der Waals surface area (Å²) in [6.07, 6.45) is 0. The predicted molar refractivity (Wildman–Crippen MR) is 81.4 cm³/mol. The van der Waals surface area contributed by atoms with E-state index in [1.165, 1.54) is 12.1 Å². The molecule has 1 aromatic rings. The topological polar surface area (TPSA) is 72.5 Å². The monoisotopic (exact) mass is 313 g/mol. The zero-order valence-electron chi connectivity index (χ0n) is 13.1. The van der Waals surface area contributed by atoms with Gasteiger partial charge in [-0.2, -0.15) is 0 Å². The minimum absolute atomic E-state index is 0.00508. The van der Waals surface area contributed by atoms with Crippen LogP contribution in [0.15, 0.2) is 29.2 Å². The van der Waals surface area contributed by atoms with Crippen LogP contribution in [0, 0.1) is 12.8 Å². The first-order valence-corrected chi connectivity index (χ1v) is 8.29. The summed E-state index contributed by atoms with van der Waals surface area (Å²) < 4.78 is 31.8. The van der Waals surface area contributed by atoms with E-state index in [2.05, 4.69) is 4.72 Å². The Bertz CT molecular complexity index is 585. The molecule has 1 aromatic carbocycles. The predicted octanol–water partition coefficient (Wildman–Crippen LogP) is 2.25. The van der Waals surface area contributed by atoms with Crippen molar-refractivity contribution in [3.05, 3.63) is 29.8 Å². The molecule has 0 aliphatic rings. The molecule has 0 fully saturated rings. The highest BCUT2D eigenvalue weighted by atomic mass is 32.2. The van der Waals surface area contributed by atoms with E-state index in [1.54, 1.807) is 39.8 Å². The molecule has 1 rings (SSSR count). The van der Waals surface area contributed by atoms with Crippen LogP contribution in [0.2, 0.25) is 0 Å². The lowest BCUT2D eigenvalue weighted by atomic mass is 10.1. The smallest absolute Gasteiger partial charge is 0.310 e. The number of carbonyl (C=O) groups is 1. The SMILES string of the molecule is Cc1ccc(S(=O)(=O)NCC(C)C(=O)OC(C)(C)C)cc1. The molecule has 0 aromatic heterocycles. The second-order valence-electron chi connectivity index (χ2n) is 6.10. The lowest BCUT2D eigenvalue weighted by Gasteiger charge is -2.22. The molecule has 0 saturated heterocycles. The van der Waals surface area contributed by atoms with Crippen molar-refractivity contribution in [2.24, 2.45) is 5.92 Å². The molecular formula is C15H23NO4S. The third-order valence-electron chi connectivity index (χ3n) is 2.72. The van der Waals surface area contributed by atoms with Gasteiger partial charge in [-0.3, -0.25) is 4.79 Å². The average molecular weight is 313 g/mol. The highest BCUT2D eigenvalue weighted by molar-refractivity contribution is 7.89. The summed E-state index contributed by atoms with van der Waals surface area (Å²) in [6, 6.07) is 6.53. The molecule has 0 saturated carbocycles. The van der Waals surface area contributed by atoms with Crippen LogP contribution in [0.1, 0.15) is 33.3 Å². The fourth-order valence-corrected chi connectivity index (χ4v) is 2.65. The molecule has 0 spiro atoms. The van der Waals surface area contributed by atoms with E-state index in [9.17, 15) is 13.2 Å². The van der Waals surface area contributed by atoms with Crippen molar-refractivity contribution in [2.45, 2.75) is 45.1 Å². The first-order valence-electron chi connectivity index (χ1n) is 6.80. The van der Waals surface area contributed by atoms with Gasteiger partial charge in [-0.25, -0.2) is 13.1 Å². The Kier molecular flexibility index (Phi) is 5.53. The minimum atomic E-state index is -3.61. The van der Waals surface area contributed by atoms with E-state index in [4.69, 9.17) is 4.74 Å². The van der Waals surface area contributed by atoms with Crippen molar-refractivity contribution in [3.8, 4) is 0 Å². The van der Waals surface area contributed by atoms with E-state index in [-0.39, 0.29) is 11.4 Å². The third-order valence-corrected chi connectivity index (χ3v) is 4.16. The second kappa shape index (κ2) is 6.58. The van der Waals surface area contributed by atoms with E-state index >= 15 is 0 Å². The van der Waals surface area contributed by atoms with Crippen molar-refractivity contribution in [1.82, 2.24) is 4.72 Å². The fourth-order valence-electron chi connectivity index (χ4n) is 1.52. The number of sulfonamides is 1. The Morgan fingerprint density at radius 3 is 2.24 bits per heavy atom. The van der Waals surface area contributed by atoms with Gasteiger partial charge in [0.05, 0.1) is 10.8 Å². The Morgan fingerprint density at radius 2 is 1.76 bits per heavy atom. The summed E-state index contributed by atoms with van der Waals surface area (Å²) in [5.74, 6) is -0.974. The molecule has 21 heavy (non-hydrogen) atoms. The quantitative estimate of drug-likeness (QED) is 0.846. The maximum absolute atomic E-state index is 12.1. The van der Waals surface area contributed by atoms with Gasteiger partial charge in [0.25, 0.3) is 0 Å². The number of benzene rings is 1. The van der Waals surface area contributed by atoms with Crippen molar-refractivity contribution >= 4 is 16.0 Å². The Balaban J connectivity index is 2.65. The second-order valence-corrected chi connectivity index (χ2v) is 7.87. The van der Waals surface area contributed by atoms with Crippen LogP contribution < -0.4 is 4.72 Å². The normalized spacial score (nSPS) is 13.8. The number of carbonyl (C=O) groups excluding carboxylic acids is 1. The zero-order valence-corrected chi connectivity index (χ0v) is 14.0. The summed E-state index contributed by atoms with van der Waals surface area (Å²) in [6.45, 7) is 8.83. The summed E-state index contributed by atoms with van der Waals surface area (Å²) in [5, 5.41) is 0. The summed E-state index contributed by atoms with van der Waals surface area (Å²) in [4.78, 5) is 12.0. The summed E-state index contributed by atoms with van der Waals surface area (Å²) in [5.41, 5.74) is 0.400. The first-order chi connectivity index (χ1) is 9.51. The Hall–Kier alpha value is -1.40. The number of esters is 1. The van der Waals surface area contributed by atoms with Crippen LogP contribution in [0.5, 0.6) is 0 Å². The van der Waals surface area contributed by atoms with E-state index in [0.29, 0.717) is 0 Å². The van der Waals surface area contributed by atoms with Crippen molar-refractivity contribution in [1.29, 1.82) is 0 Å². The van der Waals surface area contributed by atoms with Gasteiger partial charge in [-0.05, 0) is 39.8 Å². The average Bonchev–Trinajstić information content (AvgIpc) is 2.34. The molecule has 0 amide bonds. The minimum Gasteiger partial charge on any atom is -0.460 e. The van der Waals surface area contributed by atoms with Gasteiger partial charge < -0.3 is 4.74 Å². The largest absolute Gasteiger partial charge is 0.460 e. The summed E-state index contributed by atoms with van der Waals surface area (Å²) >= 11 is 0. The maximum Gasteiger partial charge on any atom is 0.310 e. The van der Waals surface area contributed by atoms with Crippen LogP contribution in [-0.2, 0) is 19.6 Å². The first kappa shape index (κ1) is 17.7. The van der Waals surface area contributed by atoms with Crippen molar-refractivity contribution < 1.29 is 17.9 Å². The van der Waals surface area contributed by atoms with Crippen molar-refractivity contribution in [3.63, 3.8) is 0 Å². The van der Waals surface area contributed by atoms with Gasteiger partial charge in [0.2, 0.25) is 10.0 Å². The van der Waals surface area contributed by atoms with Crippen LogP contribution in [0.25, 0.3) is 0 Å². The molecule has 0 heterocycles. The maximum atomic E-state index is 12.1. The number of ether oxygens (including phenoxy) is 1. The molecule has 0 radical (unpaired) electrons. The zero-order chi connectivity index (χ0) is 16.3. The highest BCUT2D eigenvalue weighted by Crippen LogP contribution is 2.13. The summed E-state index contributed by atoms with van der Waals surface area (Å²) in [7, 11) is -3.61. The number of rotatable bonds is 5. The molecule has 0 aliphatic carbocycles. The lowest BCUT2D eigenvalue weighted by Crippen LogP contribution is -2.35. The van der Waals surface area contributed by atoms with E-state index < -0.39 is 27.5 Å². The van der Waals surface area contributed by atoms with Gasteiger partial charge >= 0.3 is 5.97 Å².